The van der Waals surface area contributed by atoms with Crippen molar-refractivity contribution in [1.29, 1.82) is 0 Å². The van der Waals surface area contributed by atoms with Crippen molar-refractivity contribution in [2.45, 2.75) is 51.5 Å². The monoisotopic (exact) mass is 470 g/mol. The second kappa shape index (κ2) is 8.53. The Kier molecular flexibility index (Phi) is 5.73. The molecule has 0 fully saturated rings. The number of hydrogen-bond donors (Lipinski definition) is 0. The molecule has 0 saturated carbocycles. The van der Waals surface area contributed by atoms with Gasteiger partial charge in [0.25, 0.3) is 5.56 Å². The average molecular weight is 471 g/mol. The van der Waals surface area contributed by atoms with E-state index in [4.69, 9.17) is 9.47 Å². The summed E-state index contributed by atoms with van der Waals surface area (Å²) >= 11 is 3.30. The first kappa shape index (κ1) is 21.5. The van der Waals surface area contributed by atoms with Crippen molar-refractivity contribution in [3.63, 3.8) is 0 Å². The maximum atomic E-state index is 13.9. The summed E-state index contributed by atoms with van der Waals surface area (Å²) in [6.45, 7) is 7.02. The second-order valence-electron chi connectivity index (χ2n) is 8.29. The maximum absolute atomic E-state index is 13.9. The van der Waals surface area contributed by atoms with E-state index in [0.29, 0.717) is 18.3 Å². The summed E-state index contributed by atoms with van der Waals surface area (Å²) in [4.78, 5) is 16.0. The number of fused-ring (bicyclic) bond motifs is 5. The largest absolute Gasteiger partial charge is 0.497 e. The van der Waals surface area contributed by atoms with Crippen molar-refractivity contribution in [3.8, 4) is 11.4 Å². The highest BCUT2D eigenvalue weighted by Crippen LogP contribution is 2.37. The summed E-state index contributed by atoms with van der Waals surface area (Å²) in [6.07, 6.45) is 1.89. The zero-order chi connectivity index (χ0) is 22.4. The van der Waals surface area contributed by atoms with E-state index in [2.05, 4.69) is 35.4 Å². The Balaban J connectivity index is 1.82. The lowest BCUT2D eigenvalue weighted by atomic mass is 9.96. The smallest absolute Gasteiger partial charge is 0.268 e. The van der Waals surface area contributed by atoms with Crippen LogP contribution in [0.2, 0.25) is 0 Å². The highest BCUT2D eigenvalue weighted by molar-refractivity contribution is 7.99. The maximum Gasteiger partial charge on any atom is 0.268 e. The van der Waals surface area contributed by atoms with Gasteiger partial charge in [-0.05, 0) is 42.2 Å². The summed E-state index contributed by atoms with van der Waals surface area (Å²) in [7, 11) is 1.63. The fourth-order valence-corrected chi connectivity index (χ4v) is 6.20. The van der Waals surface area contributed by atoms with Gasteiger partial charge in [-0.15, -0.1) is 21.5 Å². The molecule has 0 aliphatic carbocycles. The molecule has 1 aliphatic rings. The van der Waals surface area contributed by atoms with Crippen LogP contribution in [0.3, 0.4) is 0 Å². The molecule has 0 amide bonds. The molecule has 1 aromatic carbocycles. The zero-order valence-electron chi connectivity index (χ0n) is 18.6. The Morgan fingerprint density at radius 3 is 2.75 bits per heavy atom. The summed E-state index contributed by atoms with van der Waals surface area (Å²) < 4.78 is 15.1. The number of hydrogen-bond acceptors (Lipinski definition) is 7. The molecular weight excluding hydrogens is 444 g/mol. The number of rotatable bonds is 6. The Hall–Kier alpha value is -2.36. The number of aromatic nitrogens is 4. The lowest BCUT2D eigenvalue weighted by Gasteiger charge is -2.26. The van der Waals surface area contributed by atoms with Gasteiger partial charge in [0, 0.05) is 17.1 Å². The van der Waals surface area contributed by atoms with E-state index in [1.165, 1.54) is 0 Å². The zero-order valence-corrected chi connectivity index (χ0v) is 20.3. The molecule has 1 unspecified atom stereocenters. The number of thioether (sulfide) groups is 1. The Bertz CT molecular complexity index is 1340. The third-order valence-corrected chi connectivity index (χ3v) is 8.18. The summed E-state index contributed by atoms with van der Waals surface area (Å²) in [6, 6.07) is 7.49. The van der Waals surface area contributed by atoms with E-state index in [1.807, 2.05) is 24.3 Å². The van der Waals surface area contributed by atoms with Crippen LogP contribution < -0.4 is 10.3 Å². The third kappa shape index (κ3) is 3.43. The molecule has 32 heavy (non-hydrogen) atoms. The Morgan fingerprint density at radius 1 is 1.28 bits per heavy atom. The quantitative estimate of drug-likeness (QED) is 0.380. The SMILES string of the molecule is CCCSc1nnc2n(-c3ccc(OC)cc3)c(=O)c3c4c(sc3n12)COC(C(C)C)C4. The van der Waals surface area contributed by atoms with E-state index in [-0.39, 0.29) is 11.7 Å². The molecule has 7 nitrogen and oxygen atoms in total. The van der Waals surface area contributed by atoms with Gasteiger partial charge in [-0.2, -0.15) is 0 Å². The van der Waals surface area contributed by atoms with Crippen molar-refractivity contribution in [3.05, 3.63) is 45.1 Å². The first-order valence-corrected chi connectivity index (χ1v) is 12.7. The first-order valence-electron chi connectivity index (χ1n) is 10.9. The molecule has 5 rings (SSSR count). The summed E-state index contributed by atoms with van der Waals surface area (Å²) in [5, 5.41) is 10.5. The lowest BCUT2D eigenvalue weighted by Crippen LogP contribution is -2.28. The standard InChI is InChI=1S/C23H26N4O3S2/c1-5-10-31-23-25-24-22-26(14-6-8-15(29-4)9-7-14)20(28)19-16-11-17(13(2)3)30-12-18(16)32-21(19)27(22)23/h6-9,13,17H,5,10-12H2,1-4H3. The molecule has 0 radical (unpaired) electrons. The molecule has 4 aromatic rings. The van der Waals surface area contributed by atoms with Crippen molar-refractivity contribution >= 4 is 39.1 Å². The number of benzene rings is 1. The molecule has 3 aromatic heterocycles. The van der Waals surface area contributed by atoms with Crippen LogP contribution in [-0.2, 0) is 17.8 Å². The van der Waals surface area contributed by atoms with Crippen LogP contribution in [0.5, 0.6) is 5.75 Å². The minimum atomic E-state index is -0.0565. The molecule has 0 bridgehead atoms. The second-order valence-corrected chi connectivity index (χ2v) is 10.4. The number of nitrogens with zero attached hydrogens (tertiary/aromatic N) is 4. The Labute approximate surface area is 194 Å². The predicted octanol–water partition coefficient (Wildman–Crippen LogP) is 4.70. The fraction of sp³-hybridized carbons (Fsp3) is 0.435. The predicted molar refractivity (Wildman–Crippen MR) is 129 cm³/mol. The van der Waals surface area contributed by atoms with Crippen LogP contribution in [0.25, 0.3) is 21.7 Å². The molecule has 4 heterocycles. The lowest BCUT2D eigenvalue weighted by molar-refractivity contribution is 0.00200. The van der Waals surface area contributed by atoms with Crippen molar-refractivity contribution in [2.24, 2.45) is 5.92 Å². The molecular formula is C23H26N4O3S2. The third-order valence-electron chi connectivity index (χ3n) is 5.85. The van der Waals surface area contributed by atoms with E-state index in [0.717, 1.165) is 55.8 Å². The van der Waals surface area contributed by atoms with Gasteiger partial charge in [0.15, 0.2) is 5.16 Å². The van der Waals surface area contributed by atoms with Crippen LogP contribution in [0.15, 0.2) is 34.2 Å². The minimum absolute atomic E-state index is 0.0565. The van der Waals surface area contributed by atoms with Crippen molar-refractivity contribution in [2.75, 3.05) is 12.9 Å². The normalized spacial score (nSPS) is 16.2. The Morgan fingerprint density at radius 2 is 2.06 bits per heavy atom. The molecule has 0 saturated heterocycles. The first-order chi connectivity index (χ1) is 15.5. The van der Waals surface area contributed by atoms with Gasteiger partial charge < -0.3 is 9.47 Å². The van der Waals surface area contributed by atoms with Gasteiger partial charge in [0.05, 0.1) is 30.9 Å². The summed E-state index contributed by atoms with van der Waals surface area (Å²) in [5.74, 6) is 2.60. The molecule has 0 spiro atoms. The number of thiophene rings is 1. The van der Waals surface area contributed by atoms with Crippen molar-refractivity contribution < 1.29 is 9.47 Å². The van der Waals surface area contributed by atoms with Crippen LogP contribution in [0.4, 0.5) is 0 Å². The molecule has 168 valence electrons. The fourth-order valence-electron chi connectivity index (χ4n) is 4.12. The molecule has 9 heteroatoms. The van der Waals surface area contributed by atoms with Gasteiger partial charge in [-0.3, -0.25) is 4.79 Å². The molecule has 1 atom stereocenters. The van der Waals surface area contributed by atoms with E-state index in [9.17, 15) is 4.79 Å². The van der Waals surface area contributed by atoms with Crippen LogP contribution in [0, 0.1) is 5.92 Å². The highest BCUT2D eigenvalue weighted by atomic mass is 32.2. The van der Waals surface area contributed by atoms with Crippen LogP contribution >= 0.6 is 23.1 Å². The topological polar surface area (TPSA) is 70.7 Å². The van der Waals surface area contributed by atoms with Crippen LogP contribution in [-0.4, -0.2) is 38.1 Å². The van der Waals surface area contributed by atoms with E-state index < -0.39 is 0 Å². The molecule has 1 aliphatic heterocycles. The van der Waals surface area contributed by atoms with Gasteiger partial charge in [0.1, 0.15) is 10.6 Å². The van der Waals surface area contributed by atoms with Crippen LogP contribution in [0.1, 0.15) is 37.6 Å². The van der Waals surface area contributed by atoms with Gasteiger partial charge >= 0.3 is 0 Å². The van der Waals surface area contributed by atoms with E-state index in [1.54, 1.807) is 34.8 Å². The molecule has 0 N–H and O–H groups in total. The number of ether oxygens (including phenoxy) is 2. The average Bonchev–Trinajstić information content (AvgIpc) is 3.39. The van der Waals surface area contributed by atoms with Crippen molar-refractivity contribution in [1.82, 2.24) is 19.2 Å². The van der Waals surface area contributed by atoms with E-state index >= 15 is 0 Å². The minimum Gasteiger partial charge on any atom is -0.497 e. The summed E-state index contributed by atoms with van der Waals surface area (Å²) in [5.41, 5.74) is 1.80. The van der Waals surface area contributed by atoms with Gasteiger partial charge in [0.2, 0.25) is 5.78 Å². The number of methoxy groups -OCH3 is 1. The van der Waals surface area contributed by atoms with Gasteiger partial charge in [-0.25, -0.2) is 8.97 Å². The highest BCUT2D eigenvalue weighted by Gasteiger charge is 2.30. The van der Waals surface area contributed by atoms with Gasteiger partial charge in [-0.1, -0.05) is 32.5 Å².